The Morgan fingerprint density at radius 3 is 2.91 bits per heavy atom. The summed E-state index contributed by atoms with van der Waals surface area (Å²) in [5, 5.41) is 3.73. The highest BCUT2D eigenvalue weighted by molar-refractivity contribution is 5.81. The van der Waals surface area contributed by atoms with E-state index in [0.29, 0.717) is 23.7 Å². The molecular formula is C16H17FN2O4. The number of nitrogens with zero attached hydrogens (tertiary/aromatic N) is 2. The number of esters is 1. The number of ether oxygens (including phenoxy) is 2. The Hall–Kier alpha value is -2.70. The summed E-state index contributed by atoms with van der Waals surface area (Å²) in [5.41, 5.74) is 0.500. The number of hydrogen-bond acceptors (Lipinski definition) is 6. The summed E-state index contributed by atoms with van der Waals surface area (Å²) in [6.45, 7) is 6.91. The molecule has 0 aliphatic carbocycles. The summed E-state index contributed by atoms with van der Waals surface area (Å²) in [7, 11) is 0. The van der Waals surface area contributed by atoms with E-state index in [4.69, 9.17) is 14.0 Å². The van der Waals surface area contributed by atoms with Crippen LogP contribution in [-0.2, 0) is 9.53 Å². The molecular weight excluding hydrogens is 303 g/mol. The largest absolute Gasteiger partial charge is 0.490 e. The molecule has 2 rings (SSSR count). The molecule has 1 aromatic heterocycles. The van der Waals surface area contributed by atoms with Crippen LogP contribution in [0.5, 0.6) is 5.75 Å². The fourth-order valence-corrected chi connectivity index (χ4v) is 1.81. The Bertz CT molecular complexity index is 699. The molecule has 1 atom stereocenters. The second kappa shape index (κ2) is 7.53. The predicted molar refractivity (Wildman–Crippen MR) is 80.3 cm³/mol. The Kier molecular flexibility index (Phi) is 5.46. The van der Waals surface area contributed by atoms with Gasteiger partial charge in [-0.2, -0.15) is 4.98 Å². The molecule has 0 radical (unpaired) electrons. The number of hydrogen-bond donors (Lipinski definition) is 0. The second-order valence-electron chi connectivity index (χ2n) is 4.87. The standard InChI is InChI=1S/C16H17FN2O4/c1-4-15(20)22-10(2)7-8-21-14-6-5-12(9-13(14)17)16-18-11(3)23-19-16/h4-6,9-10H,1,7-8H2,2-3H3. The van der Waals surface area contributed by atoms with Crippen LogP contribution in [0.25, 0.3) is 11.4 Å². The molecule has 1 aromatic carbocycles. The van der Waals surface area contributed by atoms with Crippen LogP contribution in [0.4, 0.5) is 4.39 Å². The van der Waals surface area contributed by atoms with Gasteiger partial charge in [0.1, 0.15) is 6.10 Å². The zero-order valence-corrected chi connectivity index (χ0v) is 12.9. The van der Waals surface area contributed by atoms with E-state index in [1.54, 1.807) is 19.9 Å². The molecule has 23 heavy (non-hydrogen) atoms. The summed E-state index contributed by atoms with van der Waals surface area (Å²) < 4.78 is 29.2. The molecule has 6 nitrogen and oxygen atoms in total. The minimum atomic E-state index is -0.527. The van der Waals surface area contributed by atoms with E-state index in [9.17, 15) is 9.18 Å². The molecule has 0 spiro atoms. The van der Waals surface area contributed by atoms with Crippen LogP contribution in [0.1, 0.15) is 19.2 Å². The Balaban J connectivity index is 1.91. The second-order valence-corrected chi connectivity index (χ2v) is 4.87. The van der Waals surface area contributed by atoms with Gasteiger partial charge in [0, 0.05) is 25.0 Å². The number of aromatic nitrogens is 2. The minimum Gasteiger partial charge on any atom is -0.490 e. The smallest absolute Gasteiger partial charge is 0.330 e. The van der Waals surface area contributed by atoms with Crippen LogP contribution in [0, 0.1) is 12.7 Å². The summed E-state index contributed by atoms with van der Waals surface area (Å²) in [4.78, 5) is 15.1. The summed E-state index contributed by atoms with van der Waals surface area (Å²) in [6.07, 6.45) is 1.19. The molecule has 7 heteroatoms. The summed E-state index contributed by atoms with van der Waals surface area (Å²) >= 11 is 0. The van der Waals surface area contributed by atoms with Gasteiger partial charge in [-0.25, -0.2) is 9.18 Å². The number of halogens is 1. The zero-order chi connectivity index (χ0) is 16.8. The lowest BCUT2D eigenvalue weighted by atomic mass is 10.2. The van der Waals surface area contributed by atoms with Crippen molar-refractivity contribution in [1.29, 1.82) is 0 Å². The Morgan fingerprint density at radius 1 is 1.52 bits per heavy atom. The van der Waals surface area contributed by atoms with Gasteiger partial charge in [0.2, 0.25) is 11.7 Å². The van der Waals surface area contributed by atoms with Gasteiger partial charge in [-0.1, -0.05) is 11.7 Å². The third-order valence-corrected chi connectivity index (χ3v) is 2.98. The molecule has 0 amide bonds. The molecule has 0 saturated heterocycles. The minimum absolute atomic E-state index is 0.108. The van der Waals surface area contributed by atoms with Crippen LogP contribution in [-0.4, -0.2) is 28.8 Å². The van der Waals surface area contributed by atoms with Crippen molar-refractivity contribution in [2.45, 2.75) is 26.4 Å². The first-order chi connectivity index (χ1) is 11.0. The van der Waals surface area contributed by atoms with Crippen LogP contribution in [0.2, 0.25) is 0 Å². The topological polar surface area (TPSA) is 74.5 Å². The number of aryl methyl sites for hydroxylation is 1. The van der Waals surface area contributed by atoms with Gasteiger partial charge in [0.25, 0.3) is 0 Å². The van der Waals surface area contributed by atoms with Crippen molar-refractivity contribution in [2.24, 2.45) is 0 Å². The molecule has 122 valence electrons. The zero-order valence-electron chi connectivity index (χ0n) is 12.9. The molecule has 0 saturated carbocycles. The van der Waals surface area contributed by atoms with Gasteiger partial charge in [-0.15, -0.1) is 0 Å². The van der Waals surface area contributed by atoms with E-state index in [0.717, 1.165) is 6.08 Å². The van der Waals surface area contributed by atoms with Crippen molar-refractivity contribution >= 4 is 5.97 Å². The first-order valence-corrected chi connectivity index (χ1v) is 7.05. The fourth-order valence-electron chi connectivity index (χ4n) is 1.81. The maximum Gasteiger partial charge on any atom is 0.330 e. The SMILES string of the molecule is C=CC(=O)OC(C)CCOc1ccc(-c2noc(C)n2)cc1F. The van der Waals surface area contributed by atoms with E-state index < -0.39 is 11.8 Å². The first kappa shape index (κ1) is 16.7. The third-order valence-electron chi connectivity index (χ3n) is 2.98. The Morgan fingerprint density at radius 2 is 2.30 bits per heavy atom. The van der Waals surface area contributed by atoms with Gasteiger partial charge in [-0.3, -0.25) is 0 Å². The highest BCUT2D eigenvalue weighted by Crippen LogP contribution is 2.24. The van der Waals surface area contributed by atoms with E-state index in [-0.39, 0.29) is 18.5 Å². The molecule has 1 heterocycles. The number of carbonyl (C=O) groups is 1. The van der Waals surface area contributed by atoms with Crippen molar-refractivity contribution in [2.75, 3.05) is 6.61 Å². The van der Waals surface area contributed by atoms with Gasteiger partial charge in [-0.05, 0) is 25.1 Å². The first-order valence-electron chi connectivity index (χ1n) is 7.05. The van der Waals surface area contributed by atoms with Gasteiger partial charge >= 0.3 is 5.97 Å². The highest BCUT2D eigenvalue weighted by atomic mass is 19.1. The normalized spacial score (nSPS) is 11.8. The molecule has 0 aliphatic heterocycles. The van der Waals surface area contributed by atoms with E-state index in [1.165, 1.54) is 12.1 Å². The average Bonchev–Trinajstić information content (AvgIpc) is 2.95. The van der Waals surface area contributed by atoms with Gasteiger partial charge < -0.3 is 14.0 Å². The van der Waals surface area contributed by atoms with Crippen LogP contribution >= 0.6 is 0 Å². The quantitative estimate of drug-likeness (QED) is 0.576. The summed E-state index contributed by atoms with van der Waals surface area (Å²) in [5.74, 6) is -0.193. The summed E-state index contributed by atoms with van der Waals surface area (Å²) in [6, 6.07) is 4.42. The van der Waals surface area contributed by atoms with Crippen LogP contribution < -0.4 is 4.74 Å². The monoisotopic (exact) mass is 320 g/mol. The van der Waals surface area contributed by atoms with Crippen molar-refractivity contribution < 1.29 is 23.2 Å². The maximum absolute atomic E-state index is 14.0. The van der Waals surface area contributed by atoms with E-state index >= 15 is 0 Å². The molecule has 0 aliphatic rings. The van der Waals surface area contributed by atoms with Gasteiger partial charge in [0.15, 0.2) is 11.6 Å². The maximum atomic E-state index is 14.0. The molecule has 0 N–H and O–H groups in total. The lowest BCUT2D eigenvalue weighted by Gasteiger charge is -2.13. The van der Waals surface area contributed by atoms with Crippen molar-refractivity contribution in [3.8, 4) is 17.1 Å². The fraction of sp³-hybridized carbons (Fsp3) is 0.312. The third kappa shape index (κ3) is 4.64. The predicted octanol–water partition coefficient (Wildman–Crippen LogP) is 3.07. The van der Waals surface area contributed by atoms with E-state index in [1.807, 2.05) is 0 Å². The number of carbonyl (C=O) groups excluding carboxylic acids is 1. The van der Waals surface area contributed by atoms with Crippen molar-refractivity contribution in [3.05, 3.63) is 42.6 Å². The molecule has 2 aromatic rings. The molecule has 0 fully saturated rings. The number of rotatable bonds is 7. The lowest BCUT2D eigenvalue weighted by Crippen LogP contribution is -2.16. The highest BCUT2D eigenvalue weighted by Gasteiger charge is 2.12. The van der Waals surface area contributed by atoms with Crippen molar-refractivity contribution in [1.82, 2.24) is 10.1 Å². The van der Waals surface area contributed by atoms with Gasteiger partial charge in [0.05, 0.1) is 6.61 Å². The van der Waals surface area contributed by atoms with Crippen LogP contribution in [0.3, 0.4) is 0 Å². The molecule has 0 bridgehead atoms. The van der Waals surface area contributed by atoms with Crippen molar-refractivity contribution in [3.63, 3.8) is 0 Å². The Labute approximate surface area is 132 Å². The molecule has 1 unspecified atom stereocenters. The lowest BCUT2D eigenvalue weighted by molar-refractivity contribution is -0.142. The van der Waals surface area contributed by atoms with E-state index in [2.05, 4.69) is 16.7 Å². The average molecular weight is 320 g/mol. The van der Waals surface area contributed by atoms with Crippen LogP contribution in [0.15, 0.2) is 35.4 Å². The number of benzene rings is 1.